The monoisotopic (exact) mass is 324 g/mol. The smallest absolute Gasteiger partial charge is 0.391 e. The largest absolute Gasteiger partial charge is 0.426 e. The van der Waals surface area contributed by atoms with Crippen molar-refractivity contribution in [2.24, 2.45) is 0 Å². The summed E-state index contributed by atoms with van der Waals surface area (Å²) < 4.78 is 5.42. The van der Waals surface area contributed by atoms with E-state index in [1.54, 1.807) is 0 Å². The van der Waals surface area contributed by atoms with E-state index in [0.29, 0.717) is 5.75 Å². The number of benzene rings is 3. The lowest BCUT2D eigenvalue weighted by molar-refractivity contribution is 0.376. The predicted octanol–water partition coefficient (Wildman–Crippen LogP) is 4.92. The first-order valence-electron chi connectivity index (χ1n) is 7.26. The lowest BCUT2D eigenvalue weighted by atomic mass is 9.95. The van der Waals surface area contributed by atoms with Gasteiger partial charge in [-0.3, -0.25) is 0 Å². The second-order valence-corrected chi connectivity index (χ2v) is 5.95. The fourth-order valence-electron chi connectivity index (χ4n) is 2.62. The van der Waals surface area contributed by atoms with Crippen molar-refractivity contribution in [2.75, 3.05) is 0 Å². The zero-order valence-corrected chi connectivity index (χ0v) is 13.6. The molecule has 0 atom stereocenters. The van der Waals surface area contributed by atoms with Gasteiger partial charge in [0.15, 0.2) is 0 Å². The highest BCUT2D eigenvalue weighted by Gasteiger charge is 2.17. The van der Waals surface area contributed by atoms with E-state index in [1.807, 2.05) is 79.7 Å². The number of rotatable bonds is 4. The van der Waals surface area contributed by atoms with Crippen molar-refractivity contribution >= 4 is 8.60 Å². The maximum absolute atomic E-state index is 9.42. The van der Waals surface area contributed by atoms with Crippen molar-refractivity contribution < 1.29 is 14.3 Å². The Morgan fingerprint density at radius 3 is 1.57 bits per heavy atom. The third-order valence-corrected chi connectivity index (χ3v) is 3.92. The summed E-state index contributed by atoms with van der Waals surface area (Å²) in [6.45, 7) is 2.02. The molecule has 0 saturated heterocycles. The molecule has 0 heterocycles. The average Bonchev–Trinajstić information content (AvgIpc) is 2.57. The van der Waals surface area contributed by atoms with Crippen molar-refractivity contribution in [3.05, 3.63) is 78.4 Å². The Hall–Kier alpha value is -2.19. The van der Waals surface area contributed by atoms with Gasteiger partial charge in [0.2, 0.25) is 0 Å². The Morgan fingerprint density at radius 2 is 1.17 bits per heavy atom. The molecule has 4 heteroatoms. The molecule has 0 amide bonds. The fraction of sp³-hybridized carbons (Fsp3) is 0.0526. The van der Waals surface area contributed by atoms with Crippen molar-refractivity contribution in [2.45, 2.75) is 6.92 Å². The highest BCUT2D eigenvalue weighted by Crippen LogP contribution is 2.44. The van der Waals surface area contributed by atoms with Gasteiger partial charge in [0.1, 0.15) is 5.75 Å². The van der Waals surface area contributed by atoms with Crippen LogP contribution in [0.1, 0.15) is 5.56 Å². The van der Waals surface area contributed by atoms with Crippen LogP contribution in [-0.2, 0) is 0 Å². The number of aryl methyl sites for hydroxylation is 1. The van der Waals surface area contributed by atoms with Crippen molar-refractivity contribution in [3.63, 3.8) is 0 Å². The zero-order chi connectivity index (χ0) is 16.2. The Labute approximate surface area is 136 Å². The first kappa shape index (κ1) is 15.7. The molecule has 0 unspecified atom stereocenters. The van der Waals surface area contributed by atoms with Gasteiger partial charge in [-0.1, -0.05) is 60.7 Å². The van der Waals surface area contributed by atoms with Gasteiger partial charge in [-0.2, -0.15) is 0 Å². The third-order valence-electron chi connectivity index (χ3n) is 3.58. The summed E-state index contributed by atoms with van der Waals surface area (Å²) in [6, 6.07) is 23.6. The molecule has 0 radical (unpaired) electrons. The molecule has 0 aliphatic heterocycles. The molecule has 0 fully saturated rings. The molecular formula is C19H17O3P. The predicted molar refractivity (Wildman–Crippen MR) is 94.0 cm³/mol. The van der Waals surface area contributed by atoms with Crippen molar-refractivity contribution in [1.29, 1.82) is 0 Å². The minimum Gasteiger partial charge on any atom is -0.426 e. The Kier molecular flexibility index (Phi) is 4.73. The van der Waals surface area contributed by atoms with Gasteiger partial charge in [-0.25, -0.2) is 0 Å². The lowest BCUT2D eigenvalue weighted by Crippen LogP contribution is -1.94. The average molecular weight is 324 g/mol. The van der Waals surface area contributed by atoms with Crippen LogP contribution in [0.3, 0.4) is 0 Å². The van der Waals surface area contributed by atoms with Gasteiger partial charge in [0, 0.05) is 11.1 Å². The third kappa shape index (κ3) is 3.59. The van der Waals surface area contributed by atoms with Crippen molar-refractivity contribution in [1.82, 2.24) is 0 Å². The van der Waals surface area contributed by atoms with Gasteiger partial charge in [0.05, 0.1) is 0 Å². The molecule has 3 rings (SSSR count). The van der Waals surface area contributed by atoms with Crippen LogP contribution < -0.4 is 4.52 Å². The van der Waals surface area contributed by atoms with Crippen LogP contribution in [0, 0.1) is 6.92 Å². The van der Waals surface area contributed by atoms with E-state index in [1.165, 1.54) is 0 Å². The summed E-state index contributed by atoms with van der Waals surface area (Å²) in [4.78, 5) is 18.8. The minimum atomic E-state index is -2.50. The zero-order valence-electron chi connectivity index (χ0n) is 12.7. The first-order valence-corrected chi connectivity index (χ1v) is 8.43. The van der Waals surface area contributed by atoms with Gasteiger partial charge in [-0.05, 0) is 35.7 Å². The molecule has 3 nitrogen and oxygen atoms in total. The fourth-order valence-corrected chi connectivity index (χ4v) is 2.98. The Morgan fingerprint density at radius 1 is 0.739 bits per heavy atom. The van der Waals surface area contributed by atoms with Crippen LogP contribution >= 0.6 is 8.60 Å². The topological polar surface area (TPSA) is 49.7 Å². The van der Waals surface area contributed by atoms with Crippen molar-refractivity contribution in [3.8, 4) is 28.0 Å². The molecule has 0 aromatic heterocycles. The summed E-state index contributed by atoms with van der Waals surface area (Å²) in [5, 5.41) is 0. The van der Waals surface area contributed by atoms with E-state index < -0.39 is 8.60 Å². The molecule has 23 heavy (non-hydrogen) atoms. The van der Waals surface area contributed by atoms with Gasteiger partial charge in [-0.15, -0.1) is 0 Å². The Bertz CT molecular complexity index is 726. The normalized spacial score (nSPS) is 10.8. The summed E-state index contributed by atoms with van der Waals surface area (Å²) in [6.07, 6.45) is 0. The first-order chi connectivity index (χ1) is 11.1. The van der Waals surface area contributed by atoms with E-state index in [0.717, 1.165) is 27.8 Å². The summed E-state index contributed by atoms with van der Waals surface area (Å²) >= 11 is 0. The molecule has 0 aliphatic rings. The molecule has 0 bridgehead atoms. The molecule has 0 saturated carbocycles. The molecular weight excluding hydrogens is 307 g/mol. The van der Waals surface area contributed by atoms with Gasteiger partial charge >= 0.3 is 8.60 Å². The molecule has 0 spiro atoms. The van der Waals surface area contributed by atoms with Crippen LogP contribution in [0.25, 0.3) is 22.3 Å². The molecule has 116 valence electrons. The van der Waals surface area contributed by atoms with Crippen LogP contribution in [0.4, 0.5) is 0 Å². The Balaban J connectivity index is 2.25. The van der Waals surface area contributed by atoms with Crippen LogP contribution in [0.15, 0.2) is 72.8 Å². The number of hydrogen-bond acceptors (Lipinski definition) is 3. The number of hydrogen-bond donors (Lipinski definition) is 2. The second-order valence-electron chi connectivity index (χ2n) is 5.27. The highest BCUT2D eigenvalue weighted by atomic mass is 31.2. The van der Waals surface area contributed by atoms with Crippen LogP contribution in [0.2, 0.25) is 0 Å². The molecule has 2 N–H and O–H groups in total. The van der Waals surface area contributed by atoms with E-state index in [4.69, 9.17) is 4.52 Å². The van der Waals surface area contributed by atoms with E-state index >= 15 is 0 Å². The molecule has 3 aromatic carbocycles. The minimum absolute atomic E-state index is 0.490. The SMILES string of the molecule is Cc1cc(-c2ccccc2)c(OP(O)O)c(-c2ccccc2)c1. The highest BCUT2D eigenvalue weighted by molar-refractivity contribution is 7.39. The van der Waals surface area contributed by atoms with E-state index in [2.05, 4.69) is 0 Å². The molecule has 3 aromatic rings. The standard InChI is InChI=1S/C19H17O3P/c1-14-12-17(15-8-4-2-5-9-15)19(22-23(20)21)18(13-14)16-10-6-3-7-11-16/h2-13,20-21H,1H3. The van der Waals surface area contributed by atoms with E-state index in [-0.39, 0.29) is 0 Å². The van der Waals surface area contributed by atoms with Crippen LogP contribution in [-0.4, -0.2) is 9.79 Å². The summed E-state index contributed by atoms with van der Waals surface area (Å²) in [5.74, 6) is 0.490. The van der Waals surface area contributed by atoms with Crippen LogP contribution in [0.5, 0.6) is 5.75 Å². The molecule has 0 aliphatic carbocycles. The maximum atomic E-state index is 9.42. The summed E-state index contributed by atoms with van der Waals surface area (Å²) in [7, 11) is -2.50. The lowest BCUT2D eigenvalue weighted by Gasteiger charge is -2.17. The van der Waals surface area contributed by atoms with E-state index in [9.17, 15) is 9.79 Å². The second kappa shape index (κ2) is 6.93. The maximum Gasteiger partial charge on any atom is 0.391 e. The quantitative estimate of drug-likeness (QED) is 0.670. The van der Waals surface area contributed by atoms with Gasteiger partial charge < -0.3 is 14.3 Å². The summed E-state index contributed by atoms with van der Waals surface area (Å²) in [5.41, 5.74) is 4.72. The van der Waals surface area contributed by atoms with Gasteiger partial charge in [0.25, 0.3) is 0 Å².